The van der Waals surface area contributed by atoms with Gasteiger partial charge in [0.2, 0.25) is 17.1 Å². The van der Waals surface area contributed by atoms with E-state index in [-0.39, 0.29) is 5.95 Å². The highest BCUT2D eigenvalue weighted by Gasteiger charge is 2.12. The molecule has 20 heavy (non-hydrogen) atoms. The van der Waals surface area contributed by atoms with Crippen LogP contribution in [0.4, 0.5) is 5.95 Å². The zero-order chi connectivity index (χ0) is 14.1. The molecule has 0 atom stereocenters. The summed E-state index contributed by atoms with van der Waals surface area (Å²) < 4.78 is 3.51. The van der Waals surface area contributed by atoms with Crippen LogP contribution < -0.4 is 5.73 Å². The molecule has 9 nitrogen and oxygen atoms in total. The van der Waals surface area contributed by atoms with Gasteiger partial charge in [0.15, 0.2) is 5.16 Å². The van der Waals surface area contributed by atoms with Crippen molar-refractivity contribution in [1.82, 2.24) is 39.3 Å². The molecule has 3 aromatic rings. The molecule has 10 heteroatoms. The molecule has 0 aromatic carbocycles. The Morgan fingerprint density at radius 3 is 2.70 bits per heavy atom. The van der Waals surface area contributed by atoms with E-state index in [1.54, 1.807) is 23.3 Å². The number of aryl methyl sites for hydroxylation is 1. The first-order chi connectivity index (χ1) is 9.63. The number of aromatic nitrogens is 8. The normalized spacial score (nSPS) is 10.9. The van der Waals surface area contributed by atoms with Crippen molar-refractivity contribution in [2.75, 3.05) is 5.73 Å². The molecule has 0 radical (unpaired) electrons. The summed E-state index contributed by atoms with van der Waals surface area (Å²) in [6.45, 7) is 1.87. The van der Waals surface area contributed by atoms with Gasteiger partial charge in [-0.25, -0.2) is 4.98 Å². The van der Waals surface area contributed by atoms with E-state index in [0.29, 0.717) is 16.3 Å². The van der Waals surface area contributed by atoms with Crippen molar-refractivity contribution in [3.8, 4) is 5.95 Å². The van der Waals surface area contributed by atoms with Crippen LogP contribution in [-0.4, -0.2) is 39.3 Å². The minimum Gasteiger partial charge on any atom is -0.368 e. The number of hydrogen-bond donors (Lipinski definition) is 1. The Morgan fingerprint density at radius 1 is 1.20 bits per heavy atom. The largest absolute Gasteiger partial charge is 0.368 e. The summed E-state index contributed by atoms with van der Waals surface area (Å²) in [5.41, 5.74) is 5.71. The van der Waals surface area contributed by atoms with Gasteiger partial charge >= 0.3 is 0 Å². The highest BCUT2D eigenvalue weighted by molar-refractivity contribution is 7.99. The van der Waals surface area contributed by atoms with Crippen LogP contribution in [-0.2, 0) is 7.05 Å². The number of hydrogen-bond acceptors (Lipinski definition) is 8. The van der Waals surface area contributed by atoms with E-state index in [4.69, 9.17) is 5.73 Å². The summed E-state index contributed by atoms with van der Waals surface area (Å²) in [7, 11) is 1.87. The predicted octanol–water partition coefficient (Wildman–Crippen LogP) is 0.228. The molecule has 0 fully saturated rings. The first-order valence-corrected chi connectivity index (χ1v) is 6.49. The quantitative estimate of drug-likeness (QED) is 0.728. The van der Waals surface area contributed by atoms with Gasteiger partial charge in [0, 0.05) is 19.4 Å². The van der Waals surface area contributed by atoms with Crippen LogP contribution in [0.2, 0.25) is 0 Å². The second kappa shape index (κ2) is 4.89. The van der Waals surface area contributed by atoms with Gasteiger partial charge in [-0.2, -0.15) is 15.0 Å². The average Bonchev–Trinajstić information content (AvgIpc) is 3.04. The lowest BCUT2D eigenvalue weighted by Gasteiger charge is -2.04. The molecule has 102 valence electrons. The molecule has 0 bridgehead atoms. The maximum absolute atomic E-state index is 5.71. The van der Waals surface area contributed by atoms with Gasteiger partial charge in [-0.1, -0.05) is 0 Å². The second-order valence-electron chi connectivity index (χ2n) is 3.94. The van der Waals surface area contributed by atoms with E-state index in [1.165, 1.54) is 11.8 Å². The van der Waals surface area contributed by atoms with Gasteiger partial charge in [0.05, 0.1) is 0 Å². The molecular weight excluding hydrogens is 278 g/mol. The SMILES string of the molecule is Cc1nnc(Sc2nc(N)nc(-n3ccnc3)n2)n1C. The number of rotatable bonds is 3. The lowest BCUT2D eigenvalue weighted by atomic mass is 10.7. The van der Waals surface area contributed by atoms with Crippen LogP contribution in [0.5, 0.6) is 0 Å². The third-order valence-corrected chi connectivity index (χ3v) is 3.49. The van der Waals surface area contributed by atoms with Crippen molar-refractivity contribution in [1.29, 1.82) is 0 Å². The van der Waals surface area contributed by atoms with E-state index >= 15 is 0 Å². The van der Waals surface area contributed by atoms with Gasteiger partial charge in [-0.3, -0.25) is 4.57 Å². The van der Waals surface area contributed by atoms with Crippen molar-refractivity contribution >= 4 is 17.7 Å². The number of nitrogen functional groups attached to an aromatic ring is 1. The van der Waals surface area contributed by atoms with Crippen molar-refractivity contribution in [3.63, 3.8) is 0 Å². The van der Waals surface area contributed by atoms with Gasteiger partial charge in [-0.15, -0.1) is 10.2 Å². The van der Waals surface area contributed by atoms with Crippen LogP contribution in [0, 0.1) is 6.92 Å². The third kappa shape index (κ3) is 2.32. The minimum atomic E-state index is 0.144. The predicted molar refractivity (Wildman–Crippen MR) is 71.2 cm³/mol. The van der Waals surface area contributed by atoms with Gasteiger partial charge in [0.1, 0.15) is 12.2 Å². The van der Waals surface area contributed by atoms with Gasteiger partial charge in [-0.05, 0) is 18.7 Å². The number of nitrogens with two attached hydrogens (primary N) is 1. The Balaban J connectivity index is 1.96. The maximum atomic E-state index is 5.71. The molecule has 2 N–H and O–H groups in total. The van der Waals surface area contributed by atoms with Crippen LogP contribution in [0.15, 0.2) is 29.0 Å². The Labute approximate surface area is 118 Å². The summed E-state index contributed by atoms with van der Waals surface area (Å²) in [5, 5.41) is 9.17. The van der Waals surface area contributed by atoms with E-state index in [2.05, 4.69) is 30.1 Å². The molecule has 0 spiro atoms. The van der Waals surface area contributed by atoms with E-state index < -0.39 is 0 Å². The van der Waals surface area contributed by atoms with E-state index in [1.807, 2.05) is 18.5 Å². The first kappa shape index (κ1) is 12.5. The molecule has 0 amide bonds. The van der Waals surface area contributed by atoms with Crippen LogP contribution in [0.3, 0.4) is 0 Å². The van der Waals surface area contributed by atoms with Crippen LogP contribution >= 0.6 is 11.8 Å². The van der Waals surface area contributed by atoms with Crippen LogP contribution in [0.25, 0.3) is 5.95 Å². The van der Waals surface area contributed by atoms with E-state index in [9.17, 15) is 0 Å². The Kier molecular flexibility index (Phi) is 3.06. The lowest BCUT2D eigenvalue weighted by molar-refractivity contribution is 0.759. The first-order valence-electron chi connectivity index (χ1n) is 5.67. The van der Waals surface area contributed by atoms with E-state index in [0.717, 1.165) is 5.82 Å². The molecule has 0 aliphatic carbocycles. The Hall–Kier alpha value is -2.49. The number of anilines is 1. The summed E-state index contributed by atoms with van der Waals surface area (Å²) in [4.78, 5) is 16.4. The third-order valence-electron chi connectivity index (χ3n) is 2.59. The fourth-order valence-electron chi connectivity index (χ4n) is 1.46. The molecule has 0 aliphatic rings. The minimum absolute atomic E-state index is 0.144. The summed E-state index contributed by atoms with van der Waals surface area (Å²) in [6.07, 6.45) is 4.96. The van der Waals surface area contributed by atoms with Crippen molar-refractivity contribution in [2.24, 2.45) is 7.05 Å². The maximum Gasteiger partial charge on any atom is 0.240 e. The zero-order valence-electron chi connectivity index (χ0n) is 10.8. The Bertz CT molecular complexity index is 733. The molecule has 0 aliphatic heterocycles. The molecule has 0 saturated heterocycles. The number of imidazole rings is 1. The molecule has 0 saturated carbocycles. The standard InChI is InChI=1S/C10H11N9S/c1-6-16-17-10(18(6)2)20-9-14-7(11)13-8(15-9)19-4-3-12-5-19/h3-5H,1-2H3,(H2,11,13,14,15). The van der Waals surface area contributed by atoms with Crippen LogP contribution in [0.1, 0.15) is 5.82 Å². The molecule has 0 unspecified atom stereocenters. The summed E-state index contributed by atoms with van der Waals surface area (Å²) in [5.74, 6) is 1.37. The summed E-state index contributed by atoms with van der Waals surface area (Å²) >= 11 is 1.27. The summed E-state index contributed by atoms with van der Waals surface area (Å²) in [6, 6.07) is 0. The smallest absolute Gasteiger partial charge is 0.240 e. The van der Waals surface area contributed by atoms with Crippen molar-refractivity contribution in [2.45, 2.75) is 17.2 Å². The highest BCUT2D eigenvalue weighted by Crippen LogP contribution is 2.23. The van der Waals surface area contributed by atoms with Gasteiger partial charge in [0.25, 0.3) is 0 Å². The molecule has 3 heterocycles. The van der Waals surface area contributed by atoms with Crippen molar-refractivity contribution < 1.29 is 0 Å². The fourth-order valence-corrected chi connectivity index (χ4v) is 2.24. The number of nitrogens with zero attached hydrogens (tertiary/aromatic N) is 8. The highest BCUT2D eigenvalue weighted by atomic mass is 32.2. The average molecular weight is 289 g/mol. The topological polar surface area (TPSA) is 113 Å². The van der Waals surface area contributed by atoms with Gasteiger partial charge < -0.3 is 10.3 Å². The molecular formula is C10H11N9S. The monoisotopic (exact) mass is 289 g/mol. The second-order valence-corrected chi connectivity index (χ2v) is 4.87. The molecule has 3 aromatic heterocycles. The zero-order valence-corrected chi connectivity index (χ0v) is 11.6. The molecule has 3 rings (SSSR count). The Morgan fingerprint density at radius 2 is 2.05 bits per heavy atom. The van der Waals surface area contributed by atoms with Crippen molar-refractivity contribution in [3.05, 3.63) is 24.5 Å². The fraction of sp³-hybridized carbons (Fsp3) is 0.200. The lowest BCUT2D eigenvalue weighted by Crippen LogP contribution is -2.06.